The Morgan fingerprint density at radius 3 is 2.15 bits per heavy atom. The van der Waals surface area contributed by atoms with Gasteiger partial charge in [0, 0.05) is 61.5 Å². The number of hydrogen-bond acceptors (Lipinski definition) is 5. The van der Waals surface area contributed by atoms with Crippen molar-refractivity contribution in [3.05, 3.63) is 174 Å². The van der Waals surface area contributed by atoms with Crippen LogP contribution in [-0.4, -0.2) is 21.4 Å². The molecule has 7 heteroatoms. The maximum Gasteiger partial charge on any atom is 0.216 e. The number of aromatic nitrogens is 3. The molecule has 0 saturated heterocycles. The van der Waals surface area contributed by atoms with Crippen LogP contribution < -0.4 is 14.5 Å². The zero-order valence-corrected chi connectivity index (χ0v) is 32.3. The molecule has 0 N–H and O–H groups in total. The van der Waals surface area contributed by atoms with Crippen LogP contribution in [0.25, 0.3) is 16.8 Å². The molecule has 0 amide bonds. The largest absolute Gasteiger partial charge is 0.504 e. The molecule has 0 atom stereocenters. The second-order valence-electron chi connectivity index (χ2n) is 14.6. The van der Waals surface area contributed by atoms with E-state index >= 15 is 0 Å². The number of anilines is 3. The monoisotopic (exact) mass is 859 g/mol. The quantitative estimate of drug-likeness (QED) is 0.161. The molecule has 4 heterocycles. The van der Waals surface area contributed by atoms with Crippen molar-refractivity contribution in [2.75, 3.05) is 16.8 Å². The number of rotatable bonds is 5. The van der Waals surface area contributed by atoms with Crippen molar-refractivity contribution >= 4 is 22.7 Å². The van der Waals surface area contributed by atoms with Crippen molar-refractivity contribution in [2.24, 2.45) is 0 Å². The van der Waals surface area contributed by atoms with Crippen LogP contribution in [0.1, 0.15) is 60.0 Å². The fraction of sp³-hybridized carbons (Fsp3) is 0.178. The van der Waals surface area contributed by atoms with Crippen molar-refractivity contribution in [1.29, 1.82) is 0 Å². The average Bonchev–Trinajstić information content (AvgIpc) is 3.75. The van der Waals surface area contributed by atoms with Crippen LogP contribution in [0.5, 0.6) is 11.6 Å². The van der Waals surface area contributed by atoms with E-state index in [0.29, 0.717) is 17.3 Å². The summed E-state index contributed by atoms with van der Waals surface area (Å²) in [7, 11) is 2.08. The second-order valence-corrected chi connectivity index (χ2v) is 14.6. The Balaban J connectivity index is 0.00000387. The Morgan fingerprint density at radius 1 is 0.769 bits per heavy atom. The van der Waals surface area contributed by atoms with Gasteiger partial charge in [0.2, 0.25) is 5.88 Å². The maximum atomic E-state index is 6.73. The first-order valence-corrected chi connectivity index (χ1v) is 17.4. The first-order chi connectivity index (χ1) is 24.6. The van der Waals surface area contributed by atoms with Crippen molar-refractivity contribution in [1.82, 2.24) is 14.4 Å². The van der Waals surface area contributed by atoms with Gasteiger partial charge in [-0.15, -0.1) is 22.9 Å². The van der Waals surface area contributed by atoms with Gasteiger partial charge in [-0.1, -0.05) is 87.6 Å². The molecule has 3 aromatic heterocycles. The molecule has 2 aliphatic rings. The molecule has 0 radical (unpaired) electrons. The van der Waals surface area contributed by atoms with Crippen LogP contribution in [0, 0.1) is 32.6 Å². The summed E-state index contributed by atoms with van der Waals surface area (Å²) >= 11 is 0. The van der Waals surface area contributed by atoms with Crippen molar-refractivity contribution in [3.63, 3.8) is 0 Å². The van der Waals surface area contributed by atoms with Gasteiger partial charge in [0.25, 0.3) is 0 Å². The van der Waals surface area contributed by atoms with Crippen molar-refractivity contribution in [2.45, 2.75) is 45.4 Å². The Labute approximate surface area is 320 Å². The summed E-state index contributed by atoms with van der Waals surface area (Å²) in [6, 6.07) is 44.2. The Hall–Kier alpha value is -5.19. The predicted octanol–water partition coefficient (Wildman–Crippen LogP) is 10.1. The topological polar surface area (TPSA) is 45.9 Å². The number of benzene rings is 4. The van der Waals surface area contributed by atoms with E-state index in [9.17, 15) is 0 Å². The molecule has 7 aromatic rings. The van der Waals surface area contributed by atoms with Crippen molar-refractivity contribution in [3.8, 4) is 22.8 Å². The van der Waals surface area contributed by atoms with Crippen LogP contribution in [0.15, 0.2) is 116 Å². The Morgan fingerprint density at radius 2 is 1.44 bits per heavy atom. The number of nitrogens with zero attached hydrogens (tertiary/aromatic N) is 5. The third-order valence-electron chi connectivity index (χ3n) is 10.5. The van der Waals surface area contributed by atoms with Crippen LogP contribution in [0.3, 0.4) is 0 Å². The van der Waals surface area contributed by atoms with E-state index in [2.05, 4.69) is 170 Å². The molecule has 4 aromatic carbocycles. The second kappa shape index (κ2) is 12.5. The molecule has 0 unspecified atom stereocenters. The normalized spacial score (nSPS) is 14.2. The zero-order chi connectivity index (χ0) is 35.1. The molecule has 0 spiro atoms. The molecule has 9 rings (SSSR count). The number of ether oxygens (including phenoxy) is 1. The summed E-state index contributed by atoms with van der Waals surface area (Å²) in [6.45, 7) is 12.9. The summed E-state index contributed by atoms with van der Waals surface area (Å²) in [6.07, 6.45) is 4.01. The van der Waals surface area contributed by atoms with Crippen LogP contribution in [0.2, 0.25) is 0 Å². The number of pyridine rings is 2. The van der Waals surface area contributed by atoms with Gasteiger partial charge in [0.1, 0.15) is 0 Å². The van der Waals surface area contributed by atoms with E-state index in [1.165, 1.54) is 22.3 Å². The number of para-hydroxylation sites is 2. The fourth-order valence-electron chi connectivity index (χ4n) is 7.81. The molecule has 0 fully saturated rings. The van der Waals surface area contributed by atoms with E-state index < -0.39 is 5.41 Å². The summed E-state index contributed by atoms with van der Waals surface area (Å²) in [4.78, 5) is 14.0. The molecule has 1 aliphatic carbocycles. The minimum Gasteiger partial charge on any atom is -0.504 e. The van der Waals surface area contributed by atoms with E-state index in [1.807, 2.05) is 25.3 Å². The first-order valence-electron chi connectivity index (χ1n) is 17.4. The molecule has 0 saturated carbocycles. The van der Waals surface area contributed by atoms with E-state index in [4.69, 9.17) is 9.72 Å². The molecule has 6 nitrogen and oxygen atoms in total. The first kappa shape index (κ1) is 33.9. The molecule has 1 aliphatic heterocycles. The molecule has 262 valence electrons. The van der Waals surface area contributed by atoms with E-state index in [-0.39, 0.29) is 26.5 Å². The number of aryl methyl sites for hydroxylation is 2. The smallest absolute Gasteiger partial charge is 0.216 e. The van der Waals surface area contributed by atoms with Gasteiger partial charge in [-0.2, -0.15) is 30.9 Å². The minimum atomic E-state index is -0.772. The van der Waals surface area contributed by atoms with Gasteiger partial charge >= 0.3 is 0 Å². The van der Waals surface area contributed by atoms with Crippen LogP contribution in [0.4, 0.5) is 17.1 Å². The number of fused-ring (bicyclic) bond motifs is 5. The Kier molecular flexibility index (Phi) is 8.15. The maximum absolute atomic E-state index is 6.73. The summed E-state index contributed by atoms with van der Waals surface area (Å²) in [5, 5.41) is 0. The zero-order valence-electron chi connectivity index (χ0n) is 30.0. The standard InChI is InChI=1S/C45H38N5O.Pt/c1-29-30(2)49-27-33(25-41(43(49)47-29)51-42-26-31(22-23-46-42)44(3,4)5)45(37-18-9-7-16-35(37)36-17-8-10-19-38(36)45)32-14-13-15-34(24-32)50-28-48(6)39-20-11-12-21-40(39)50;/h7-23,26-28H,1-6H3;/q-3;. The fourth-order valence-corrected chi connectivity index (χ4v) is 7.81. The van der Waals surface area contributed by atoms with Gasteiger partial charge in [-0.3, -0.25) is 4.98 Å². The molecular weight excluding hydrogens is 822 g/mol. The SMILES string of the molecule is Cc1nc2c(Oc3cc(C(C)(C)C)ccn3)[c-]c(C3(c4[c-]c(N5[CH-]N(C)c6ccccc65)ccc4)c4ccccc4-c4ccccc43)cn2c1C.[Pt]. The predicted molar refractivity (Wildman–Crippen MR) is 204 cm³/mol. The van der Waals surface area contributed by atoms with Gasteiger partial charge < -0.3 is 18.9 Å². The third kappa shape index (κ3) is 5.10. The van der Waals surface area contributed by atoms with Gasteiger partial charge in [-0.25, -0.2) is 4.98 Å². The third-order valence-corrected chi connectivity index (χ3v) is 10.5. The molecule has 0 bridgehead atoms. The van der Waals surface area contributed by atoms with E-state index in [1.54, 1.807) is 0 Å². The molecule has 52 heavy (non-hydrogen) atoms. The summed E-state index contributed by atoms with van der Waals surface area (Å²) < 4.78 is 8.88. The van der Waals surface area contributed by atoms with Gasteiger partial charge in [0.15, 0.2) is 0 Å². The summed E-state index contributed by atoms with van der Waals surface area (Å²) in [5.74, 6) is 1.04. The van der Waals surface area contributed by atoms with Gasteiger partial charge in [0.05, 0.1) is 11.4 Å². The van der Waals surface area contributed by atoms with E-state index in [0.717, 1.165) is 45.1 Å². The van der Waals surface area contributed by atoms with Crippen LogP contribution >= 0.6 is 0 Å². The summed E-state index contributed by atoms with van der Waals surface area (Å²) in [5.41, 5.74) is 12.9. The minimum absolute atomic E-state index is 0. The number of imidazole rings is 1. The van der Waals surface area contributed by atoms with Crippen LogP contribution in [-0.2, 0) is 31.9 Å². The molecular formula is C45H38N5OPt-3. The number of hydrogen-bond donors (Lipinski definition) is 0. The average molecular weight is 860 g/mol. The van der Waals surface area contributed by atoms with Gasteiger partial charge in [-0.05, 0) is 72.3 Å². The van der Waals surface area contributed by atoms with Crippen molar-refractivity contribution < 1.29 is 25.8 Å². The Bertz CT molecular complexity index is 2450.